The van der Waals surface area contributed by atoms with E-state index in [-0.39, 0.29) is 0 Å². The van der Waals surface area contributed by atoms with Crippen LogP contribution < -0.4 is 0 Å². The molecule has 0 amide bonds. The van der Waals surface area contributed by atoms with Crippen LogP contribution in [0.15, 0.2) is 0 Å². The molecule has 0 rings (SSSR count). The van der Waals surface area contributed by atoms with Gasteiger partial charge in [-0.1, -0.05) is 0 Å². The normalized spacial score (nSPS) is 11.2. The van der Waals surface area contributed by atoms with Crippen LogP contribution >= 0.6 is 7.82 Å². The first-order valence-electron chi connectivity index (χ1n) is 3.01. The standard InChI is InChI=1S/C5H11O6P/c1-8-5(6)4-11-12(7,9-2)10-3/h4H2,1-3H3. The smallest absolute Gasteiger partial charge is 0.467 e. The summed E-state index contributed by atoms with van der Waals surface area (Å²) < 4.78 is 28.6. The van der Waals surface area contributed by atoms with E-state index in [1.54, 1.807) is 0 Å². The zero-order valence-corrected chi connectivity index (χ0v) is 8.00. The second-order valence-corrected chi connectivity index (χ2v) is 3.54. The molecule has 0 radical (unpaired) electrons. The molecule has 0 fully saturated rings. The predicted octanol–water partition coefficient (Wildman–Crippen LogP) is 0.577. The summed E-state index contributed by atoms with van der Waals surface area (Å²) in [6.07, 6.45) is 0. The maximum Gasteiger partial charge on any atom is 0.474 e. The van der Waals surface area contributed by atoms with Gasteiger partial charge >= 0.3 is 13.8 Å². The Balaban J connectivity index is 3.89. The SMILES string of the molecule is COC(=O)COP(=O)(OC)OC. The van der Waals surface area contributed by atoms with E-state index in [1.165, 1.54) is 7.11 Å². The third-order valence-electron chi connectivity index (χ3n) is 1.02. The van der Waals surface area contributed by atoms with E-state index in [9.17, 15) is 9.36 Å². The highest BCUT2D eigenvalue weighted by atomic mass is 31.2. The van der Waals surface area contributed by atoms with Gasteiger partial charge in [0.15, 0.2) is 6.61 Å². The maximum absolute atomic E-state index is 11.1. The fourth-order valence-electron chi connectivity index (χ4n) is 0.371. The van der Waals surface area contributed by atoms with Gasteiger partial charge in [-0.05, 0) is 0 Å². The summed E-state index contributed by atoms with van der Waals surface area (Å²) in [5, 5.41) is 0. The Morgan fingerprint density at radius 1 is 1.25 bits per heavy atom. The molecule has 0 atom stereocenters. The van der Waals surface area contributed by atoms with Gasteiger partial charge in [0, 0.05) is 14.2 Å². The molecule has 0 aromatic carbocycles. The van der Waals surface area contributed by atoms with Crippen molar-refractivity contribution >= 4 is 13.8 Å². The lowest BCUT2D eigenvalue weighted by atomic mass is 10.8. The Bertz CT molecular complexity index is 182. The van der Waals surface area contributed by atoms with E-state index < -0.39 is 20.4 Å². The van der Waals surface area contributed by atoms with E-state index in [1.807, 2.05) is 0 Å². The minimum atomic E-state index is -3.55. The fraction of sp³-hybridized carbons (Fsp3) is 0.800. The monoisotopic (exact) mass is 198 g/mol. The van der Waals surface area contributed by atoms with E-state index in [2.05, 4.69) is 18.3 Å². The van der Waals surface area contributed by atoms with Crippen molar-refractivity contribution in [3.05, 3.63) is 0 Å². The van der Waals surface area contributed by atoms with Crippen LogP contribution in [0, 0.1) is 0 Å². The van der Waals surface area contributed by atoms with Gasteiger partial charge in [0.2, 0.25) is 0 Å². The van der Waals surface area contributed by atoms with Crippen LogP contribution in [0.1, 0.15) is 0 Å². The lowest BCUT2D eigenvalue weighted by Crippen LogP contribution is -2.09. The van der Waals surface area contributed by atoms with Gasteiger partial charge in [0.25, 0.3) is 0 Å². The van der Waals surface area contributed by atoms with Gasteiger partial charge in [-0.2, -0.15) is 0 Å². The number of hydrogen-bond acceptors (Lipinski definition) is 6. The molecule has 0 aliphatic rings. The first-order valence-corrected chi connectivity index (χ1v) is 4.47. The first kappa shape index (κ1) is 11.6. The third-order valence-corrected chi connectivity index (χ3v) is 2.36. The quantitative estimate of drug-likeness (QED) is 0.475. The van der Waals surface area contributed by atoms with Gasteiger partial charge < -0.3 is 4.74 Å². The molecular formula is C5H11O6P. The van der Waals surface area contributed by atoms with Crippen LogP contribution in [0.3, 0.4) is 0 Å². The molecule has 0 saturated heterocycles. The van der Waals surface area contributed by atoms with Crippen molar-refractivity contribution in [2.24, 2.45) is 0 Å². The maximum atomic E-state index is 11.1. The van der Waals surface area contributed by atoms with Crippen LogP contribution in [-0.4, -0.2) is 33.9 Å². The number of rotatable bonds is 5. The molecule has 0 aliphatic heterocycles. The molecule has 0 spiro atoms. The molecule has 0 heterocycles. The van der Waals surface area contributed by atoms with Gasteiger partial charge in [-0.15, -0.1) is 0 Å². The zero-order valence-electron chi connectivity index (χ0n) is 7.10. The lowest BCUT2D eigenvalue weighted by molar-refractivity contribution is -0.143. The summed E-state index contributed by atoms with van der Waals surface area (Å²) >= 11 is 0. The highest BCUT2D eigenvalue weighted by Crippen LogP contribution is 2.47. The summed E-state index contributed by atoms with van der Waals surface area (Å²) in [5.74, 6) is -0.649. The number of ether oxygens (including phenoxy) is 1. The predicted molar refractivity (Wildman–Crippen MR) is 39.6 cm³/mol. The molecule has 12 heavy (non-hydrogen) atoms. The van der Waals surface area contributed by atoms with Crippen molar-refractivity contribution in [3.63, 3.8) is 0 Å². The number of hydrogen-bond donors (Lipinski definition) is 0. The van der Waals surface area contributed by atoms with Crippen LogP contribution in [0.5, 0.6) is 0 Å². The van der Waals surface area contributed by atoms with E-state index >= 15 is 0 Å². The van der Waals surface area contributed by atoms with E-state index in [0.29, 0.717) is 0 Å². The number of phosphoric acid groups is 1. The first-order chi connectivity index (χ1) is 5.58. The fourth-order valence-corrected chi connectivity index (χ4v) is 0.994. The molecule has 0 saturated carbocycles. The van der Waals surface area contributed by atoms with Gasteiger partial charge in [-0.25, -0.2) is 9.36 Å². The van der Waals surface area contributed by atoms with Crippen molar-refractivity contribution in [2.75, 3.05) is 27.9 Å². The molecule has 7 heteroatoms. The van der Waals surface area contributed by atoms with Crippen LogP contribution in [-0.2, 0) is 27.7 Å². The third kappa shape index (κ3) is 3.82. The van der Waals surface area contributed by atoms with Gasteiger partial charge in [0.1, 0.15) is 0 Å². The molecule has 0 bridgehead atoms. The highest BCUT2D eigenvalue weighted by Gasteiger charge is 2.23. The number of esters is 1. The van der Waals surface area contributed by atoms with Crippen molar-refractivity contribution in [2.45, 2.75) is 0 Å². The van der Waals surface area contributed by atoms with Crippen molar-refractivity contribution in [3.8, 4) is 0 Å². The number of phosphoric ester groups is 1. The van der Waals surface area contributed by atoms with E-state index in [0.717, 1.165) is 14.2 Å². The number of carbonyl (C=O) groups is 1. The largest absolute Gasteiger partial charge is 0.474 e. The van der Waals surface area contributed by atoms with Crippen molar-refractivity contribution in [1.82, 2.24) is 0 Å². The summed E-state index contributed by atoms with van der Waals surface area (Å²) in [4.78, 5) is 10.5. The van der Waals surface area contributed by atoms with Crippen LogP contribution in [0.4, 0.5) is 0 Å². The molecular weight excluding hydrogens is 187 g/mol. The van der Waals surface area contributed by atoms with Crippen molar-refractivity contribution in [1.29, 1.82) is 0 Å². The van der Waals surface area contributed by atoms with Gasteiger partial charge in [-0.3, -0.25) is 13.6 Å². The summed E-state index contributed by atoms with van der Waals surface area (Å²) in [5.41, 5.74) is 0. The molecule has 0 unspecified atom stereocenters. The lowest BCUT2D eigenvalue weighted by Gasteiger charge is -2.11. The zero-order chi connectivity index (χ0) is 9.61. The second kappa shape index (κ2) is 5.27. The summed E-state index contributed by atoms with van der Waals surface area (Å²) in [6.45, 7) is -0.463. The molecule has 0 N–H and O–H groups in total. The minimum absolute atomic E-state index is 0.463. The van der Waals surface area contributed by atoms with Gasteiger partial charge in [0.05, 0.1) is 7.11 Å². The van der Waals surface area contributed by atoms with Crippen LogP contribution in [0.2, 0.25) is 0 Å². The average Bonchev–Trinajstić information content (AvgIpc) is 2.13. The van der Waals surface area contributed by atoms with E-state index in [4.69, 9.17) is 0 Å². The highest BCUT2D eigenvalue weighted by molar-refractivity contribution is 7.48. The Hall–Kier alpha value is -0.420. The molecule has 6 nitrogen and oxygen atoms in total. The Morgan fingerprint density at radius 2 is 1.75 bits per heavy atom. The van der Waals surface area contributed by atoms with Crippen molar-refractivity contribution < 1.29 is 27.7 Å². The Labute approximate surface area is 70.4 Å². The molecule has 0 aromatic heterocycles. The minimum Gasteiger partial charge on any atom is -0.467 e. The number of methoxy groups -OCH3 is 1. The summed E-state index contributed by atoms with van der Waals surface area (Å²) in [7, 11) is -0.0497. The molecule has 0 aliphatic carbocycles. The molecule has 72 valence electrons. The molecule has 0 aromatic rings. The number of carbonyl (C=O) groups excluding carboxylic acids is 1. The Kier molecular flexibility index (Phi) is 5.08. The topological polar surface area (TPSA) is 71.1 Å². The summed E-state index contributed by atoms with van der Waals surface area (Å²) in [6, 6.07) is 0. The Morgan fingerprint density at radius 3 is 2.08 bits per heavy atom. The second-order valence-electron chi connectivity index (χ2n) is 1.66. The average molecular weight is 198 g/mol. The van der Waals surface area contributed by atoms with Crippen LogP contribution in [0.25, 0.3) is 0 Å².